The van der Waals surface area contributed by atoms with Gasteiger partial charge in [0.25, 0.3) is 0 Å². The van der Waals surface area contributed by atoms with E-state index in [0.29, 0.717) is 0 Å². The van der Waals surface area contributed by atoms with Crippen molar-refractivity contribution < 1.29 is 0 Å². The summed E-state index contributed by atoms with van der Waals surface area (Å²) >= 11 is 0. The second-order valence-electron chi connectivity index (χ2n) is 6.59. The van der Waals surface area contributed by atoms with E-state index in [1.807, 2.05) is 18.2 Å². The normalized spacial score (nSPS) is 13.1. The Morgan fingerprint density at radius 2 is 1.62 bits per heavy atom. The molecule has 1 unspecified atom stereocenters. The van der Waals surface area contributed by atoms with Crippen LogP contribution in [0.25, 0.3) is 0 Å². The van der Waals surface area contributed by atoms with Crippen LogP contribution in [-0.2, 0) is 6.42 Å². The molecule has 0 fully saturated rings. The molecule has 0 spiro atoms. The number of hydrogen-bond acceptors (Lipinski definition) is 2. The Kier molecular flexibility index (Phi) is 7.96. The van der Waals surface area contributed by atoms with Crippen molar-refractivity contribution in [3.63, 3.8) is 0 Å². The monoisotopic (exact) mass is 288 g/mol. The van der Waals surface area contributed by atoms with E-state index < -0.39 is 0 Å². The standard InChI is InChI=1S/C19H32N2/c1-15(2)14-16(3)10-7-5-4-6-8-11-17-18(20)12-9-13-19(17)21/h4-5,9,12-13,15-16H,6-8,10-11,14,20-21H2,1-3H3. The summed E-state index contributed by atoms with van der Waals surface area (Å²) < 4.78 is 0. The number of unbranched alkanes of at least 4 members (excludes halogenated alkanes) is 1. The number of anilines is 2. The molecule has 1 rings (SSSR count). The van der Waals surface area contributed by atoms with Crippen LogP contribution in [0, 0.1) is 11.8 Å². The molecule has 2 nitrogen and oxygen atoms in total. The van der Waals surface area contributed by atoms with Gasteiger partial charge in [-0.3, -0.25) is 0 Å². The van der Waals surface area contributed by atoms with Crippen molar-refractivity contribution in [3.8, 4) is 0 Å². The largest absolute Gasteiger partial charge is 0.398 e. The molecule has 118 valence electrons. The van der Waals surface area contributed by atoms with Gasteiger partial charge in [-0.2, -0.15) is 0 Å². The Labute approximate surface area is 130 Å². The Bertz CT molecular complexity index is 415. The third-order valence-corrected chi connectivity index (χ3v) is 3.91. The molecule has 4 N–H and O–H groups in total. The molecule has 0 bridgehead atoms. The molecule has 0 aliphatic carbocycles. The van der Waals surface area contributed by atoms with Crippen LogP contribution in [0.4, 0.5) is 11.4 Å². The van der Waals surface area contributed by atoms with Crippen LogP contribution in [0.15, 0.2) is 30.4 Å². The lowest BCUT2D eigenvalue weighted by Crippen LogP contribution is -2.00. The average molecular weight is 288 g/mol. The minimum Gasteiger partial charge on any atom is -0.398 e. The van der Waals surface area contributed by atoms with Crippen molar-refractivity contribution in [2.45, 2.75) is 59.3 Å². The van der Waals surface area contributed by atoms with Gasteiger partial charge in [0.1, 0.15) is 0 Å². The Balaban J connectivity index is 2.18. The van der Waals surface area contributed by atoms with Gasteiger partial charge in [-0.05, 0) is 68.1 Å². The van der Waals surface area contributed by atoms with Crippen LogP contribution in [0.3, 0.4) is 0 Å². The molecule has 1 aromatic carbocycles. The third kappa shape index (κ3) is 7.22. The fourth-order valence-corrected chi connectivity index (χ4v) is 2.85. The first-order valence-corrected chi connectivity index (χ1v) is 8.28. The van der Waals surface area contributed by atoms with Gasteiger partial charge in [0.05, 0.1) is 0 Å². The third-order valence-electron chi connectivity index (χ3n) is 3.91. The zero-order chi connectivity index (χ0) is 15.7. The summed E-state index contributed by atoms with van der Waals surface area (Å²) in [5, 5.41) is 0. The predicted octanol–water partition coefficient (Wildman–Crippen LogP) is 5.19. The highest BCUT2D eigenvalue weighted by Gasteiger charge is 2.04. The lowest BCUT2D eigenvalue weighted by molar-refractivity contribution is 0.418. The van der Waals surface area contributed by atoms with E-state index >= 15 is 0 Å². The van der Waals surface area contributed by atoms with Crippen molar-refractivity contribution in [1.82, 2.24) is 0 Å². The van der Waals surface area contributed by atoms with Crippen LogP contribution in [0.1, 0.15) is 58.4 Å². The molecule has 21 heavy (non-hydrogen) atoms. The summed E-state index contributed by atoms with van der Waals surface area (Å²) in [4.78, 5) is 0. The first-order valence-electron chi connectivity index (χ1n) is 8.28. The smallest absolute Gasteiger partial charge is 0.0367 e. The van der Waals surface area contributed by atoms with Gasteiger partial charge < -0.3 is 11.5 Å². The Morgan fingerprint density at radius 3 is 2.24 bits per heavy atom. The van der Waals surface area contributed by atoms with Gasteiger partial charge >= 0.3 is 0 Å². The number of benzene rings is 1. The molecule has 0 heterocycles. The van der Waals surface area contributed by atoms with Crippen LogP contribution in [0.5, 0.6) is 0 Å². The maximum Gasteiger partial charge on any atom is 0.0367 e. The van der Waals surface area contributed by atoms with Crippen LogP contribution in [-0.4, -0.2) is 0 Å². The van der Waals surface area contributed by atoms with Crippen molar-refractivity contribution in [2.75, 3.05) is 11.5 Å². The molecule has 1 aromatic rings. The molecule has 1 atom stereocenters. The minimum atomic E-state index is 0.811. The van der Waals surface area contributed by atoms with Gasteiger partial charge in [0.2, 0.25) is 0 Å². The SMILES string of the molecule is CC(C)CC(C)CCC=CCCCc1c(N)cccc1N. The number of hydrogen-bond donors (Lipinski definition) is 2. The first-order chi connectivity index (χ1) is 10.0. The fraction of sp³-hybridized carbons (Fsp3) is 0.579. The molecule has 0 saturated heterocycles. The van der Waals surface area contributed by atoms with Crippen molar-refractivity contribution in [1.29, 1.82) is 0 Å². The molecule has 0 aliphatic heterocycles. The zero-order valence-corrected chi connectivity index (χ0v) is 13.9. The van der Waals surface area contributed by atoms with E-state index in [9.17, 15) is 0 Å². The quantitative estimate of drug-likeness (QED) is 0.373. The first kappa shape index (κ1) is 17.6. The van der Waals surface area contributed by atoms with Crippen molar-refractivity contribution in [3.05, 3.63) is 35.9 Å². The van der Waals surface area contributed by atoms with Gasteiger partial charge in [-0.1, -0.05) is 39.0 Å². The lowest BCUT2D eigenvalue weighted by atomic mass is 9.94. The van der Waals surface area contributed by atoms with Crippen molar-refractivity contribution in [2.24, 2.45) is 11.8 Å². The molecular weight excluding hydrogens is 256 g/mol. The summed E-state index contributed by atoms with van der Waals surface area (Å²) in [7, 11) is 0. The van der Waals surface area contributed by atoms with Crippen LogP contribution in [0.2, 0.25) is 0 Å². The number of nitrogens with two attached hydrogens (primary N) is 2. The number of nitrogen functional groups attached to an aromatic ring is 2. The summed E-state index contributed by atoms with van der Waals surface area (Å²) in [6.07, 6.45) is 11.6. The van der Waals surface area contributed by atoms with E-state index in [-0.39, 0.29) is 0 Å². The molecular formula is C19H32N2. The number of rotatable bonds is 9. The summed E-state index contributed by atoms with van der Waals surface area (Å²) in [5.41, 5.74) is 14.7. The van der Waals surface area contributed by atoms with Gasteiger partial charge in [0.15, 0.2) is 0 Å². The highest BCUT2D eigenvalue weighted by Crippen LogP contribution is 2.21. The van der Waals surface area contributed by atoms with E-state index in [1.165, 1.54) is 19.3 Å². The highest BCUT2D eigenvalue weighted by molar-refractivity contribution is 5.61. The zero-order valence-electron chi connectivity index (χ0n) is 13.9. The Morgan fingerprint density at radius 1 is 1.00 bits per heavy atom. The van der Waals surface area contributed by atoms with Gasteiger partial charge in [-0.15, -0.1) is 0 Å². The van der Waals surface area contributed by atoms with Crippen LogP contribution < -0.4 is 11.5 Å². The average Bonchev–Trinajstić information content (AvgIpc) is 2.39. The second-order valence-corrected chi connectivity index (χ2v) is 6.59. The van der Waals surface area contributed by atoms with E-state index in [1.54, 1.807) is 0 Å². The predicted molar refractivity (Wildman–Crippen MR) is 95.2 cm³/mol. The van der Waals surface area contributed by atoms with Gasteiger partial charge in [0, 0.05) is 11.4 Å². The molecule has 0 aliphatic rings. The summed E-state index contributed by atoms with van der Waals surface area (Å²) in [5.74, 6) is 1.64. The van der Waals surface area contributed by atoms with Crippen molar-refractivity contribution >= 4 is 11.4 Å². The summed E-state index contributed by atoms with van der Waals surface area (Å²) in [6, 6.07) is 5.77. The second kappa shape index (κ2) is 9.49. The molecule has 0 amide bonds. The topological polar surface area (TPSA) is 52.0 Å². The van der Waals surface area contributed by atoms with Crippen LogP contribution >= 0.6 is 0 Å². The fourth-order valence-electron chi connectivity index (χ4n) is 2.85. The minimum absolute atomic E-state index is 0.811. The van der Waals surface area contributed by atoms with Gasteiger partial charge in [-0.25, -0.2) is 0 Å². The highest BCUT2D eigenvalue weighted by atomic mass is 14.6. The maximum atomic E-state index is 5.96. The van der Waals surface area contributed by atoms with E-state index in [4.69, 9.17) is 11.5 Å². The molecule has 0 radical (unpaired) electrons. The Hall–Kier alpha value is -1.44. The molecule has 0 saturated carbocycles. The van der Waals surface area contributed by atoms with E-state index in [0.717, 1.165) is 48.0 Å². The number of allylic oxidation sites excluding steroid dienone is 2. The summed E-state index contributed by atoms with van der Waals surface area (Å²) in [6.45, 7) is 6.95. The van der Waals surface area contributed by atoms with E-state index in [2.05, 4.69) is 32.9 Å². The maximum absolute atomic E-state index is 5.96. The lowest BCUT2D eigenvalue weighted by Gasteiger charge is -2.12. The molecule has 2 heteroatoms. The molecule has 0 aromatic heterocycles.